The molecule has 2 rings (SSSR count). The van der Waals surface area contributed by atoms with E-state index in [1.54, 1.807) is 0 Å². The average molecular weight is 252 g/mol. The molecule has 0 aliphatic carbocycles. The first kappa shape index (κ1) is 12.0. The highest BCUT2D eigenvalue weighted by atomic mass is 32.1. The molecule has 7 heteroatoms. The Morgan fingerprint density at radius 3 is 2.76 bits per heavy atom. The third-order valence-corrected chi connectivity index (χ3v) is 3.29. The number of aromatic nitrogens is 5. The minimum Gasteiger partial charge on any atom is -0.377 e. The van der Waals surface area contributed by atoms with Crippen molar-refractivity contribution in [3.63, 3.8) is 0 Å². The number of nitrogens with zero attached hydrogens (tertiary/aromatic N) is 5. The Labute approximate surface area is 104 Å². The number of aryl methyl sites for hydroxylation is 2. The summed E-state index contributed by atoms with van der Waals surface area (Å²) in [6.07, 6.45) is 1.73. The summed E-state index contributed by atoms with van der Waals surface area (Å²) >= 11 is 1.36. The Morgan fingerprint density at radius 1 is 1.29 bits per heavy atom. The van der Waals surface area contributed by atoms with Gasteiger partial charge in [-0.3, -0.25) is 0 Å². The molecule has 0 amide bonds. The third-order valence-electron chi connectivity index (χ3n) is 2.51. The Bertz CT molecular complexity index is 489. The van der Waals surface area contributed by atoms with Crippen molar-refractivity contribution in [3.8, 4) is 0 Å². The molecule has 0 aliphatic heterocycles. The number of rotatable bonds is 5. The normalized spacial score (nSPS) is 10.8. The molecule has 2 heterocycles. The van der Waals surface area contributed by atoms with Crippen LogP contribution >= 0.6 is 11.5 Å². The van der Waals surface area contributed by atoms with Crippen LogP contribution in [0.2, 0.25) is 0 Å². The van der Waals surface area contributed by atoms with Crippen molar-refractivity contribution in [1.29, 1.82) is 0 Å². The zero-order chi connectivity index (χ0) is 12.3. The number of anilines is 1. The third kappa shape index (κ3) is 2.44. The molecule has 0 saturated carbocycles. The summed E-state index contributed by atoms with van der Waals surface area (Å²) in [4.78, 5) is 4.47. The van der Waals surface area contributed by atoms with Gasteiger partial charge in [-0.2, -0.15) is 5.10 Å². The van der Waals surface area contributed by atoms with Crippen LogP contribution in [-0.2, 0) is 19.4 Å². The van der Waals surface area contributed by atoms with Crippen LogP contribution in [0.25, 0.3) is 0 Å². The van der Waals surface area contributed by atoms with E-state index in [1.807, 2.05) is 11.7 Å². The van der Waals surface area contributed by atoms with Crippen LogP contribution in [0.5, 0.6) is 0 Å². The van der Waals surface area contributed by atoms with Crippen LogP contribution in [0, 0.1) is 0 Å². The minimum absolute atomic E-state index is 0.628. The molecule has 0 atom stereocenters. The monoisotopic (exact) mass is 252 g/mol. The molecule has 0 aliphatic rings. The van der Waals surface area contributed by atoms with Gasteiger partial charge < -0.3 is 5.32 Å². The number of hydrogen-bond donors (Lipinski definition) is 1. The molecule has 92 valence electrons. The van der Waals surface area contributed by atoms with Crippen LogP contribution in [0.4, 0.5) is 5.00 Å². The van der Waals surface area contributed by atoms with E-state index in [2.05, 4.69) is 38.8 Å². The predicted molar refractivity (Wildman–Crippen MR) is 67.3 cm³/mol. The molecule has 0 radical (unpaired) electrons. The van der Waals surface area contributed by atoms with Gasteiger partial charge in [-0.1, -0.05) is 18.3 Å². The highest BCUT2D eigenvalue weighted by molar-refractivity contribution is 7.10. The molecule has 0 bridgehead atoms. The van der Waals surface area contributed by atoms with Gasteiger partial charge >= 0.3 is 0 Å². The van der Waals surface area contributed by atoms with Gasteiger partial charge in [0.15, 0.2) is 5.82 Å². The van der Waals surface area contributed by atoms with Gasteiger partial charge in [-0.15, -0.1) is 5.10 Å². The Morgan fingerprint density at radius 2 is 2.12 bits per heavy atom. The molecular weight excluding hydrogens is 236 g/mol. The highest BCUT2D eigenvalue weighted by Crippen LogP contribution is 2.18. The van der Waals surface area contributed by atoms with E-state index in [9.17, 15) is 0 Å². The summed E-state index contributed by atoms with van der Waals surface area (Å²) in [7, 11) is 1.87. The van der Waals surface area contributed by atoms with Crippen LogP contribution in [0.3, 0.4) is 0 Å². The first-order valence-corrected chi connectivity index (χ1v) is 6.47. The van der Waals surface area contributed by atoms with Crippen LogP contribution in [-0.4, -0.2) is 31.4 Å². The van der Waals surface area contributed by atoms with Crippen molar-refractivity contribution >= 4 is 16.5 Å². The fourth-order valence-corrected chi connectivity index (χ4v) is 2.13. The Hall–Kier alpha value is -1.50. The lowest BCUT2D eigenvalue weighted by Gasteiger charge is -2.03. The van der Waals surface area contributed by atoms with Crippen LogP contribution in [0.1, 0.15) is 31.2 Å². The van der Waals surface area contributed by atoms with E-state index in [1.165, 1.54) is 11.5 Å². The van der Waals surface area contributed by atoms with E-state index >= 15 is 0 Å². The summed E-state index contributed by atoms with van der Waals surface area (Å²) in [6, 6.07) is 0. The molecule has 0 aromatic carbocycles. The van der Waals surface area contributed by atoms with Gasteiger partial charge in [0.25, 0.3) is 0 Å². The van der Waals surface area contributed by atoms with Gasteiger partial charge in [0, 0.05) is 31.4 Å². The molecule has 2 aromatic heterocycles. The summed E-state index contributed by atoms with van der Waals surface area (Å²) in [6.45, 7) is 4.77. The van der Waals surface area contributed by atoms with E-state index in [-0.39, 0.29) is 0 Å². The largest absolute Gasteiger partial charge is 0.377 e. The molecule has 2 aromatic rings. The molecular formula is C10H16N6S. The van der Waals surface area contributed by atoms with Crippen molar-refractivity contribution in [3.05, 3.63) is 17.3 Å². The van der Waals surface area contributed by atoms with Crippen molar-refractivity contribution in [2.45, 2.75) is 33.2 Å². The second-order valence-electron chi connectivity index (χ2n) is 3.61. The molecule has 17 heavy (non-hydrogen) atoms. The smallest absolute Gasteiger partial charge is 0.150 e. The summed E-state index contributed by atoms with van der Waals surface area (Å²) < 4.78 is 5.85. The number of hydrogen-bond acceptors (Lipinski definition) is 6. The molecule has 0 saturated heterocycles. The van der Waals surface area contributed by atoms with Gasteiger partial charge in [0.05, 0.1) is 6.54 Å². The van der Waals surface area contributed by atoms with Gasteiger partial charge in [0.2, 0.25) is 0 Å². The zero-order valence-electron chi connectivity index (χ0n) is 10.3. The fourth-order valence-electron chi connectivity index (χ4n) is 1.61. The van der Waals surface area contributed by atoms with Crippen LogP contribution in [0.15, 0.2) is 0 Å². The molecule has 0 unspecified atom stereocenters. The van der Waals surface area contributed by atoms with Gasteiger partial charge in [-0.05, 0) is 0 Å². The Balaban J connectivity index is 2.25. The summed E-state index contributed by atoms with van der Waals surface area (Å²) in [5, 5.41) is 12.6. The van der Waals surface area contributed by atoms with E-state index in [0.29, 0.717) is 6.54 Å². The molecule has 0 spiro atoms. The maximum absolute atomic E-state index is 4.47. The molecule has 6 nitrogen and oxygen atoms in total. The first-order chi connectivity index (χ1) is 8.28. The lowest BCUT2D eigenvalue weighted by molar-refractivity contribution is 0.626. The highest BCUT2D eigenvalue weighted by Gasteiger charge is 2.12. The van der Waals surface area contributed by atoms with E-state index in [0.717, 1.165) is 35.2 Å². The van der Waals surface area contributed by atoms with Crippen LogP contribution < -0.4 is 5.32 Å². The average Bonchev–Trinajstić information content (AvgIpc) is 2.95. The number of nitrogens with one attached hydrogen (secondary N) is 1. The fraction of sp³-hybridized carbons (Fsp3) is 0.600. The van der Waals surface area contributed by atoms with Crippen molar-refractivity contribution in [1.82, 2.24) is 24.4 Å². The Kier molecular flexibility index (Phi) is 3.68. The maximum atomic E-state index is 4.47. The lowest BCUT2D eigenvalue weighted by Crippen LogP contribution is -2.08. The first-order valence-electron chi connectivity index (χ1n) is 5.70. The second kappa shape index (κ2) is 5.22. The molecule has 1 N–H and O–H groups in total. The SMILES string of the molecule is CCc1nc(CC)n(Cc2nnsc2NC)n1. The van der Waals surface area contributed by atoms with Crippen molar-refractivity contribution in [2.24, 2.45) is 0 Å². The lowest BCUT2D eigenvalue weighted by atomic mass is 10.4. The van der Waals surface area contributed by atoms with E-state index < -0.39 is 0 Å². The second-order valence-corrected chi connectivity index (χ2v) is 4.36. The molecule has 0 fully saturated rings. The standard InChI is InChI=1S/C10H16N6S/c1-4-8-12-9(5-2)16(14-8)6-7-10(11-3)17-15-13-7/h11H,4-6H2,1-3H3. The minimum atomic E-state index is 0.628. The van der Waals surface area contributed by atoms with Crippen molar-refractivity contribution in [2.75, 3.05) is 12.4 Å². The predicted octanol–water partition coefficient (Wildman–Crippen LogP) is 1.34. The topological polar surface area (TPSA) is 68.5 Å². The summed E-state index contributed by atoms with van der Waals surface area (Å²) in [5.41, 5.74) is 0.916. The maximum Gasteiger partial charge on any atom is 0.150 e. The van der Waals surface area contributed by atoms with Gasteiger partial charge in [-0.25, -0.2) is 9.67 Å². The summed E-state index contributed by atoms with van der Waals surface area (Å²) in [5.74, 6) is 1.88. The van der Waals surface area contributed by atoms with E-state index in [4.69, 9.17) is 0 Å². The van der Waals surface area contributed by atoms with Gasteiger partial charge in [0.1, 0.15) is 16.5 Å². The zero-order valence-corrected chi connectivity index (χ0v) is 11.1. The van der Waals surface area contributed by atoms with Crippen molar-refractivity contribution < 1.29 is 0 Å². The quantitative estimate of drug-likeness (QED) is 0.869.